The molecule has 6 heteroatoms. The first-order chi connectivity index (χ1) is 13.0. The summed E-state index contributed by atoms with van der Waals surface area (Å²) in [6.45, 7) is 2.59. The van der Waals surface area contributed by atoms with Crippen LogP contribution in [0, 0.1) is 6.92 Å². The number of hydrogen-bond donors (Lipinski definition) is 0. The van der Waals surface area contributed by atoms with E-state index in [4.69, 9.17) is 4.52 Å². The summed E-state index contributed by atoms with van der Waals surface area (Å²) in [6, 6.07) is 15.9. The monoisotopic (exact) mass is 362 g/mol. The fourth-order valence-electron chi connectivity index (χ4n) is 3.36. The Balaban J connectivity index is 1.56. The molecule has 1 atom stereocenters. The zero-order chi connectivity index (χ0) is 19.0. The topological polar surface area (TPSA) is 62.5 Å². The van der Waals surface area contributed by atoms with Crippen molar-refractivity contribution in [1.82, 2.24) is 10.1 Å². The minimum absolute atomic E-state index is 0.0625. The molecule has 0 saturated carbocycles. The van der Waals surface area contributed by atoms with Gasteiger partial charge in [-0.2, -0.15) is 4.98 Å². The molecular formula is C21H22N4O2. The van der Waals surface area contributed by atoms with E-state index in [0.717, 1.165) is 22.5 Å². The van der Waals surface area contributed by atoms with Gasteiger partial charge < -0.3 is 14.3 Å². The molecule has 1 aromatic heterocycles. The van der Waals surface area contributed by atoms with Gasteiger partial charge >= 0.3 is 0 Å². The highest BCUT2D eigenvalue weighted by Crippen LogP contribution is 2.32. The van der Waals surface area contributed by atoms with Gasteiger partial charge in [0.05, 0.1) is 0 Å². The Kier molecular flexibility index (Phi) is 4.39. The van der Waals surface area contributed by atoms with E-state index in [-0.39, 0.29) is 11.8 Å². The second-order valence-electron chi connectivity index (χ2n) is 7.15. The van der Waals surface area contributed by atoms with Crippen LogP contribution in [0.3, 0.4) is 0 Å². The number of benzene rings is 2. The third-order valence-electron chi connectivity index (χ3n) is 4.85. The maximum absolute atomic E-state index is 12.5. The summed E-state index contributed by atoms with van der Waals surface area (Å²) in [6.07, 6.45) is 0.394. The third-order valence-corrected chi connectivity index (χ3v) is 4.85. The van der Waals surface area contributed by atoms with Crippen LogP contribution < -0.4 is 9.80 Å². The predicted molar refractivity (Wildman–Crippen MR) is 105 cm³/mol. The largest absolute Gasteiger partial charge is 0.378 e. The number of carbonyl (C=O) groups excluding carboxylic acids is 1. The van der Waals surface area contributed by atoms with Gasteiger partial charge in [0.25, 0.3) is 5.89 Å². The average Bonchev–Trinajstić information content (AvgIpc) is 3.28. The predicted octanol–water partition coefficient (Wildman–Crippen LogP) is 3.63. The first-order valence-corrected chi connectivity index (χ1v) is 8.99. The average molecular weight is 362 g/mol. The van der Waals surface area contributed by atoms with Crippen LogP contribution in [-0.2, 0) is 4.79 Å². The van der Waals surface area contributed by atoms with Crippen molar-refractivity contribution in [3.8, 4) is 11.5 Å². The molecule has 2 aromatic carbocycles. The Morgan fingerprint density at radius 2 is 1.96 bits per heavy atom. The van der Waals surface area contributed by atoms with E-state index in [1.165, 1.54) is 0 Å². The molecule has 0 aliphatic carbocycles. The Morgan fingerprint density at radius 1 is 1.15 bits per heavy atom. The van der Waals surface area contributed by atoms with Gasteiger partial charge in [0.2, 0.25) is 5.91 Å². The lowest BCUT2D eigenvalue weighted by Gasteiger charge is -2.16. The van der Waals surface area contributed by atoms with Crippen molar-refractivity contribution in [2.75, 3.05) is 30.4 Å². The van der Waals surface area contributed by atoms with Gasteiger partial charge in [0, 0.05) is 49.9 Å². The lowest BCUT2D eigenvalue weighted by Crippen LogP contribution is -2.24. The van der Waals surface area contributed by atoms with Crippen molar-refractivity contribution >= 4 is 17.3 Å². The highest BCUT2D eigenvalue weighted by atomic mass is 16.5. The molecule has 0 N–H and O–H groups in total. The van der Waals surface area contributed by atoms with Gasteiger partial charge in [0.1, 0.15) is 0 Å². The summed E-state index contributed by atoms with van der Waals surface area (Å²) in [5, 5.41) is 4.15. The molecule has 1 unspecified atom stereocenters. The molecule has 1 fully saturated rings. The van der Waals surface area contributed by atoms with Gasteiger partial charge in [-0.15, -0.1) is 0 Å². The molecule has 27 heavy (non-hydrogen) atoms. The minimum atomic E-state index is -0.0625. The molecule has 6 nitrogen and oxygen atoms in total. The lowest BCUT2D eigenvalue weighted by atomic mass is 10.1. The molecule has 0 radical (unpaired) electrons. The van der Waals surface area contributed by atoms with E-state index in [9.17, 15) is 4.79 Å². The lowest BCUT2D eigenvalue weighted by molar-refractivity contribution is -0.117. The van der Waals surface area contributed by atoms with Crippen LogP contribution in [0.1, 0.15) is 23.7 Å². The second kappa shape index (κ2) is 6.87. The summed E-state index contributed by atoms with van der Waals surface area (Å²) >= 11 is 0. The molecule has 0 spiro atoms. The number of rotatable bonds is 4. The molecule has 2 heterocycles. The van der Waals surface area contributed by atoms with Gasteiger partial charge in [-0.3, -0.25) is 4.79 Å². The van der Waals surface area contributed by atoms with Crippen molar-refractivity contribution in [1.29, 1.82) is 0 Å². The highest BCUT2D eigenvalue weighted by molar-refractivity contribution is 5.96. The summed E-state index contributed by atoms with van der Waals surface area (Å²) in [5.74, 6) is 1.10. The summed E-state index contributed by atoms with van der Waals surface area (Å²) in [5.41, 5.74) is 3.99. The van der Waals surface area contributed by atoms with Crippen LogP contribution in [-0.4, -0.2) is 36.7 Å². The Bertz CT molecular complexity index is 980. The van der Waals surface area contributed by atoms with E-state index < -0.39 is 0 Å². The number of aryl methyl sites for hydroxylation is 1. The van der Waals surface area contributed by atoms with Crippen LogP contribution in [0.5, 0.6) is 0 Å². The Labute approximate surface area is 158 Å². The van der Waals surface area contributed by atoms with E-state index in [1.807, 2.05) is 74.4 Å². The Hall–Kier alpha value is -3.15. The first kappa shape index (κ1) is 17.3. The molecule has 0 bridgehead atoms. The van der Waals surface area contributed by atoms with E-state index in [0.29, 0.717) is 24.7 Å². The van der Waals surface area contributed by atoms with Crippen molar-refractivity contribution in [3.63, 3.8) is 0 Å². The SMILES string of the molecule is Cc1cccc(N2CC(c3noc(-c4cccc(N(C)C)c4)n3)CC2=O)c1. The number of hydrogen-bond acceptors (Lipinski definition) is 5. The van der Waals surface area contributed by atoms with Gasteiger partial charge in [-0.05, 0) is 42.8 Å². The zero-order valence-corrected chi connectivity index (χ0v) is 15.7. The first-order valence-electron chi connectivity index (χ1n) is 8.99. The van der Waals surface area contributed by atoms with Crippen LogP contribution in [0.2, 0.25) is 0 Å². The van der Waals surface area contributed by atoms with E-state index in [1.54, 1.807) is 4.90 Å². The summed E-state index contributed by atoms with van der Waals surface area (Å²) in [4.78, 5) is 20.9. The normalized spacial score (nSPS) is 16.8. The van der Waals surface area contributed by atoms with Crippen LogP contribution in [0.25, 0.3) is 11.5 Å². The number of nitrogens with zero attached hydrogens (tertiary/aromatic N) is 4. The fraction of sp³-hybridized carbons (Fsp3) is 0.286. The molecule has 1 saturated heterocycles. The molecule has 1 aliphatic heterocycles. The minimum Gasteiger partial charge on any atom is -0.378 e. The molecule has 1 amide bonds. The fourth-order valence-corrected chi connectivity index (χ4v) is 3.36. The number of amides is 1. The maximum Gasteiger partial charge on any atom is 0.258 e. The van der Waals surface area contributed by atoms with Crippen LogP contribution in [0.4, 0.5) is 11.4 Å². The number of anilines is 2. The number of carbonyl (C=O) groups is 1. The molecule has 4 rings (SSSR count). The van der Waals surface area contributed by atoms with Gasteiger partial charge in [-0.25, -0.2) is 0 Å². The van der Waals surface area contributed by atoms with E-state index >= 15 is 0 Å². The highest BCUT2D eigenvalue weighted by Gasteiger charge is 2.34. The molecule has 1 aliphatic rings. The van der Waals surface area contributed by atoms with E-state index in [2.05, 4.69) is 10.1 Å². The molecule has 138 valence electrons. The van der Waals surface area contributed by atoms with Crippen LogP contribution in [0.15, 0.2) is 53.1 Å². The van der Waals surface area contributed by atoms with Crippen LogP contribution >= 0.6 is 0 Å². The zero-order valence-electron chi connectivity index (χ0n) is 15.7. The standard InChI is InChI=1S/C21H22N4O2/c1-14-6-4-9-18(10-14)25-13-16(12-19(25)26)20-22-21(27-23-20)15-7-5-8-17(11-15)24(2)3/h4-11,16H,12-13H2,1-3H3. The second-order valence-corrected chi connectivity index (χ2v) is 7.15. The summed E-state index contributed by atoms with van der Waals surface area (Å²) in [7, 11) is 3.98. The van der Waals surface area contributed by atoms with Crippen molar-refractivity contribution in [3.05, 3.63) is 59.9 Å². The third kappa shape index (κ3) is 3.43. The van der Waals surface area contributed by atoms with Gasteiger partial charge in [0.15, 0.2) is 5.82 Å². The molecular weight excluding hydrogens is 340 g/mol. The summed E-state index contributed by atoms with van der Waals surface area (Å²) < 4.78 is 5.48. The number of aromatic nitrogens is 2. The smallest absolute Gasteiger partial charge is 0.258 e. The molecule has 3 aromatic rings. The van der Waals surface area contributed by atoms with Crippen molar-refractivity contribution in [2.24, 2.45) is 0 Å². The van der Waals surface area contributed by atoms with Gasteiger partial charge in [-0.1, -0.05) is 23.4 Å². The Morgan fingerprint density at radius 3 is 2.74 bits per heavy atom. The van der Waals surface area contributed by atoms with Crippen molar-refractivity contribution < 1.29 is 9.32 Å². The quantitative estimate of drug-likeness (QED) is 0.709. The maximum atomic E-state index is 12.5. The van der Waals surface area contributed by atoms with Crippen molar-refractivity contribution in [2.45, 2.75) is 19.3 Å².